The van der Waals surface area contributed by atoms with Crippen molar-refractivity contribution in [3.63, 3.8) is 0 Å². The number of ether oxygens (including phenoxy) is 1. The van der Waals surface area contributed by atoms with Crippen molar-refractivity contribution in [2.24, 2.45) is 0 Å². The number of carbonyl (C=O) groups excluding carboxylic acids is 2. The molecule has 3 aromatic rings. The average Bonchev–Trinajstić information content (AvgIpc) is 2.72. The number of hydrogen-bond donors (Lipinski definition) is 1. The summed E-state index contributed by atoms with van der Waals surface area (Å²) in [6, 6.07) is 16.3. The molecule has 1 N–H and O–H groups in total. The van der Waals surface area contributed by atoms with Crippen molar-refractivity contribution in [1.29, 1.82) is 5.26 Å². The van der Waals surface area contributed by atoms with E-state index in [-0.39, 0.29) is 11.7 Å². The van der Waals surface area contributed by atoms with Gasteiger partial charge in [-0.25, -0.2) is 9.78 Å². The maximum Gasteiger partial charge on any atom is 0.338 e. The van der Waals surface area contributed by atoms with Crippen LogP contribution in [0.3, 0.4) is 0 Å². The molecule has 0 atom stereocenters. The van der Waals surface area contributed by atoms with Crippen LogP contribution in [0.15, 0.2) is 53.6 Å². The fraction of sp³-hybridized carbons (Fsp3) is 0.182. The summed E-state index contributed by atoms with van der Waals surface area (Å²) in [6.45, 7) is 4.03. The van der Waals surface area contributed by atoms with Gasteiger partial charge < -0.3 is 10.1 Å². The van der Waals surface area contributed by atoms with E-state index in [1.54, 1.807) is 37.3 Å². The van der Waals surface area contributed by atoms with E-state index in [2.05, 4.69) is 16.4 Å². The van der Waals surface area contributed by atoms with Gasteiger partial charge in [-0.05, 0) is 56.3 Å². The molecule has 0 aliphatic heterocycles. The van der Waals surface area contributed by atoms with Crippen molar-refractivity contribution in [2.75, 3.05) is 17.7 Å². The van der Waals surface area contributed by atoms with Crippen molar-refractivity contribution >= 4 is 40.2 Å². The van der Waals surface area contributed by atoms with E-state index in [9.17, 15) is 14.9 Å². The number of hydrogen-bond acceptors (Lipinski definition) is 6. The Labute approximate surface area is 172 Å². The highest BCUT2D eigenvalue weighted by molar-refractivity contribution is 8.00. The number of pyridine rings is 1. The number of nitrogens with zero attached hydrogens (tertiary/aromatic N) is 2. The summed E-state index contributed by atoms with van der Waals surface area (Å²) in [5.74, 6) is -0.519. The Morgan fingerprint density at radius 3 is 2.62 bits per heavy atom. The van der Waals surface area contributed by atoms with Crippen LogP contribution in [0.5, 0.6) is 0 Å². The maximum atomic E-state index is 12.3. The molecule has 0 spiro atoms. The third-order valence-corrected chi connectivity index (χ3v) is 5.07. The van der Waals surface area contributed by atoms with Crippen LogP contribution in [0.1, 0.15) is 28.4 Å². The van der Waals surface area contributed by atoms with Gasteiger partial charge in [0.1, 0.15) is 11.1 Å². The molecule has 1 amide bonds. The highest BCUT2D eigenvalue weighted by Crippen LogP contribution is 2.25. The van der Waals surface area contributed by atoms with Crippen molar-refractivity contribution in [3.05, 3.63) is 65.2 Å². The number of amides is 1. The van der Waals surface area contributed by atoms with Gasteiger partial charge in [0.25, 0.3) is 0 Å². The molecule has 0 unspecified atom stereocenters. The van der Waals surface area contributed by atoms with Crippen LogP contribution in [0, 0.1) is 18.3 Å². The third-order valence-electron chi connectivity index (χ3n) is 4.08. The minimum Gasteiger partial charge on any atom is -0.462 e. The first-order valence-corrected chi connectivity index (χ1v) is 10.00. The minimum atomic E-state index is -0.400. The summed E-state index contributed by atoms with van der Waals surface area (Å²) < 4.78 is 4.93. The molecule has 0 saturated carbocycles. The SMILES string of the molecule is CCOC(=O)c1ccc(NC(=O)CSc2nc3ccc(C)cc3cc2C#N)cc1. The monoisotopic (exact) mass is 405 g/mol. The first kappa shape index (κ1) is 20.4. The van der Waals surface area contributed by atoms with Crippen LogP contribution in [-0.2, 0) is 9.53 Å². The molecule has 1 aromatic heterocycles. The van der Waals surface area contributed by atoms with Gasteiger partial charge in [0.2, 0.25) is 5.91 Å². The van der Waals surface area contributed by atoms with E-state index in [1.807, 2.05) is 25.1 Å². The highest BCUT2D eigenvalue weighted by atomic mass is 32.2. The molecular formula is C22H19N3O3S. The number of thioether (sulfide) groups is 1. The van der Waals surface area contributed by atoms with Gasteiger partial charge in [0.05, 0.1) is 29.0 Å². The van der Waals surface area contributed by atoms with Crippen LogP contribution in [0.4, 0.5) is 5.69 Å². The smallest absolute Gasteiger partial charge is 0.338 e. The Hall–Kier alpha value is -3.37. The van der Waals surface area contributed by atoms with E-state index in [1.165, 1.54) is 11.8 Å². The fourth-order valence-electron chi connectivity index (χ4n) is 2.70. The normalized spacial score (nSPS) is 10.4. The van der Waals surface area contributed by atoms with Crippen molar-refractivity contribution in [3.8, 4) is 6.07 Å². The van der Waals surface area contributed by atoms with Crippen LogP contribution in [-0.4, -0.2) is 29.2 Å². The summed E-state index contributed by atoms with van der Waals surface area (Å²) >= 11 is 1.21. The Kier molecular flexibility index (Phi) is 6.47. The minimum absolute atomic E-state index is 0.110. The maximum absolute atomic E-state index is 12.3. The van der Waals surface area contributed by atoms with Gasteiger partial charge in [-0.3, -0.25) is 4.79 Å². The van der Waals surface area contributed by atoms with Crippen LogP contribution in [0.25, 0.3) is 10.9 Å². The number of carbonyl (C=O) groups is 2. The van der Waals surface area contributed by atoms with Crippen LogP contribution < -0.4 is 5.32 Å². The van der Waals surface area contributed by atoms with Crippen LogP contribution in [0.2, 0.25) is 0 Å². The van der Waals surface area contributed by atoms with E-state index in [4.69, 9.17) is 4.74 Å². The number of benzene rings is 2. The van der Waals surface area contributed by atoms with Gasteiger partial charge in [0, 0.05) is 11.1 Å². The predicted molar refractivity (Wildman–Crippen MR) is 113 cm³/mol. The Morgan fingerprint density at radius 2 is 1.93 bits per heavy atom. The first-order chi connectivity index (χ1) is 14.0. The topological polar surface area (TPSA) is 92.1 Å². The summed E-state index contributed by atoms with van der Waals surface area (Å²) in [6.07, 6.45) is 0. The summed E-state index contributed by atoms with van der Waals surface area (Å²) in [7, 11) is 0. The van der Waals surface area contributed by atoms with Gasteiger partial charge in [-0.2, -0.15) is 5.26 Å². The molecule has 3 rings (SSSR count). The molecule has 2 aromatic carbocycles. The molecule has 7 heteroatoms. The van der Waals surface area contributed by atoms with Crippen molar-refractivity contribution in [2.45, 2.75) is 18.9 Å². The van der Waals surface area contributed by atoms with E-state index >= 15 is 0 Å². The second-order valence-corrected chi connectivity index (χ2v) is 7.25. The second kappa shape index (κ2) is 9.22. The number of aryl methyl sites for hydroxylation is 1. The van der Waals surface area contributed by atoms with E-state index in [0.29, 0.717) is 28.4 Å². The molecule has 0 saturated heterocycles. The summed E-state index contributed by atoms with van der Waals surface area (Å²) in [5, 5.41) is 13.6. The molecule has 0 fully saturated rings. The standard InChI is InChI=1S/C22H19N3O3S/c1-3-28-22(27)15-5-7-18(8-6-15)24-20(26)13-29-21-17(12-23)11-16-10-14(2)4-9-19(16)25-21/h4-11H,3,13H2,1-2H3,(H,24,26). The third kappa shape index (κ3) is 5.12. The number of esters is 1. The lowest BCUT2D eigenvalue weighted by atomic mass is 10.1. The Morgan fingerprint density at radius 1 is 1.17 bits per heavy atom. The second-order valence-electron chi connectivity index (χ2n) is 6.28. The number of anilines is 1. The van der Waals surface area contributed by atoms with Gasteiger partial charge in [0.15, 0.2) is 0 Å². The Balaban J connectivity index is 1.65. The molecule has 0 aliphatic rings. The summed E-state index contributed by atoms with van der Waals surface area (Å²) in [5.41, 5.74) is 3.32. The largest absolute Gasteiger partial charge is 0.462 e. The lowest BCUT2D eigenvalue weighted by molar-refractivity contribution is -0.113. The van der Waals surface area contributed by atoms with E-state index in [0.717, 1.165) is 16.5 Å². The lowest BCUT2D eigenvalue weighted by Gasteiger charge is -2.08. The van der Waals surface area contributed by atoms with Crippen LogP contribution >= 0.6 is 11.8 Å². The number of rotatable bonds is 6. The molecule has 29 heavy (non-hydrogen) atoms. The molecule has 146 valence electrons. The highest BCUT2D eigenvalue weighted by Gasteiger charge is 2.11. The van der Waals surface area contributed by atoms with Gasteiger partial charge in [-0.15, -0.1) is 0 Å². The zero-order chi connectivity index (χ0) is 20.8. The quantitative estimate of drug-likeness (QED) is 0.485. The van der Waals surface area contributed by atoms with E-state index < -0.39 is 5.97 Å². The zero-order valence-corrected chi connectivity index (χ0v) is 16.9. The average molecular weight is 405 g/mol. The molecule has 6 nitrogen and oxygen atoms in total. The number of nitrogens with one attached hydrogen (secondary N) is 1. The van der Waals surface area contributed by atoms with Crippen molar-refractivity contribution < 1.29 is 14.3 Å². The van der Waals surface area contributed by atoms with Gasteiger partial charge >= 0.3 is 5.97 Å². The molecule has 0 radical (unpaired) electrons. The first-order valence-electron chi connectivity index (χ1n) is 9.01. The summed E-state index contributed by atoms with van der Waals surface area (Å²) in [4.78, 5) is 28.5. The zero-order valence-electron chi connectivity index (χ0n) is 16.1. The molecule has 1 heterocycles. The Bertz CT molecular complexity index is 1100. The fourth-order valence-corrected chi connectivity index (χ4v) is 3.47. The molecule has 0 bridgehead atoms. The molecular weight excluding hydrogens is 386 g/mol. The number of nitriles is 1. The number of fused-ring (bicyclic) bond motifs is 1. The number of aromatic nitrogens is 1. The van der Waals surface area contributed by atoms with Crippen molar-refractivity contribution in [1.82, 2.24) is 4.98 Å². The molecule has 0 aliphatic carbocycles. The lowest BCUT2D eigenvalue weighted by Crippen LogP contribution is -2.14. The van der Waals surface area contributed by atoms with Gasteiger partial charge in [-0.1, -0.05) is 23.4 Å². The predicted octanol–water partition coefficient (Wildman–Crippen LogP) is 4.32.